The Morgan fingerprint density at radius 3 is 2.52 bits per heavy atom. The minimum atomic E-state index is -0.0593. The van der Waals surface area contributed by atoms with Crippen molar-refractivity contribution in [1.82, 2.24) is 10.3 Å². The Bertz CT molecular complexity index is 909. The molecule has 0 radical (unpaired) electrons. The SMILES string of the molecule is C[C@@H](Cc1ccccc1)NCC(=O)Nc1cc(N(C)C)nc2ccccc12. The maximum absolute atomic E-state index is 12.5. The highest BCUT2D eigenvalue weighted by Crippen LogP contribution is 2.26. The largest absolute Gasteiger partial charge is 0.363 e. The number of fused-ring (bicyclic) bond motifs is 1. The van der Waals surface area contributed by atoms with Gasteiger partial charge in [-0.05, 0) is 25.0 Å². The van der Waals surface area contributed by atoms with Crippen LogP contribution in [-0.2, 0) is 11.2 Å². The fourth-order valence-electron chi connectivity index (χ4n) is 3.00. The van der Waals surface area contributed by atoms with E-state index in [1.165, 1.54) is 5.56 Å². The topological polar surface area (TPSA) is 57.3 Å². The Morgan fingerprint density at radius 1 is 1.07 bits per heavy atom. The number of nitrogens with zero attached hydrogens (tertiary/aromatic N) is 2. The van der Waals surface area contributed by atoms with Gasteiger partial charge >= 0.3 is 0 Å². The van der Waals surface area contributed by atoms with Gasteiger partial charge in [0.25, 0.3) is 0 Å². The van der Waals surface area contributed by atoms with Gasteiger partial charge in [-0.1, -0.05) is 48.5 Å². The molecule has 27 heavy (non-hydrogen) atoms. The van der Waals surface area contributed by atoms with Crippen LogP contribution in [0.4, 0.5) is 11.5 Å². The van der Waals surface area contributed by atoms with Gasteiger partial charge in [-0.25, -0.2) is 4.98 Å². The highest BCUT2D eigenvalue weighted by molar-refractivity contribution is 6.02. The van der Waals surface area contributed by atoms with Gasteiger partial charge < -0.3 is 15.5 Å². The second kappa shape index (κ2) is 8.64. The van der Waals surface area contributed by atoms with Crippen LogP contribution in [0.5, 0.6) is 0 Å². The molecular formula is C22H26N4O. The first-order chi connectivity index (χ1) is 13.0. The second-order valence-corrected chi connectivity index (χ2v) is 6.96. The van der Waals surface area contributed by atoms with E-state index in [0.717, 1.165) is 28.8 Å². The van der Waals surface area contributed by atoms with Crippen molar-refractivity contribution in [3.63, 3.8) is 0 Å². The molecule has 0 fully saturated rings. The van der Waals surface area contributed by atoms with Crippen LogP contribution >= 0.6 is 0 Å². The van der Waals surface area contributed by atoms with E-state index in [4.69, 9.17) is 0 Å². The summed E-state index contributed by atoms with van der Waals surface area (Å²) in [4.78, 5) is 19.0. The summed E-state index contributed by atoms with van der Waals surface area (Å²) < 4.78 is 0. The van der Waals surface area contributed by atoms with Gasteiger partial charge in [-0.15, -0.1) is 0 Å². The molecule has 0 saturated carbocycles. The highest BCUT2D eigenvalue weighted by Gasteiger charge is 2.11. The molecule has 3 rings (SSSR count). The van der Waals surface area contributed by atoms with E-state index in [1.54, 1.807) is 0 Å². The fourth-order valence-corrected chi connectivity index (χ4v) is 3.00. The number of anilines is 2. The van der Waals surface area contributed by atoms with E-state index in [-0.39, 0.29) is 18.5 Å². The molecule has 2 aromatic carbocycles. The second-order valence-electron chi connectivity index (χ2n) is 6.96. The summed E-state index contributed by atoms with van der Waals surface area (Å²) >= 11 is 0. The lowest BCUT2D eigenvalue weighted by Gasteiger charge is -2.17. The first-order valence-corrected chi connectivity index (χ1v) is 9.17. The number of benzene rings is 2. The van der Waals surface area contributed by atoms with Gasteiger partial charge in [0.15, 0.2) is 0 Å². The third-order valence-corrected chi connectivity index (χ3v) is 4.43. The van der Waals surface area contributed by atoms with Gasteiger partial charge in [0, 0.05) is 31.6 Å². The predicted molar refractivity (Wildman–Crippen MR) is 112 cm³/mol. The molecule has 0 aliphatic heterocycles. The number of carbonyl (C=O) groups is 1. The summed E-state index contributed by atoms with van der Waals surface area (Å²) in [5.41, 5.74) is 2.91. The van der Waals surface area contributed by atoms with Crippen LogP contribution in [0.25, 0.3) is 10.9 Å². The van der Waals surface area contributed by atoms with E-state index in [0.29, 0.717) is 0 Å². The number of hydrogen-bond donors (Lipinski definition) is 2. The molecule has 2 N–H and O–H groups in total. The van der Waals surface area contributed by atoms with Crippen molar-refractivity contribution in [2.75, 3.05) is 30.9 Å². The van der Waals surface area contributed by atoms with E-state index in [1.807, 2.05) is 67.5 Å². The lowest BCUT2D eigenvalue weighted by molar-refractivity contribution is -0.115. The molecule has 140 valence electrons. The molecule has 1 heterocycles. The van der Waals surface area contributed by atoms with Crippen molar-refractivity contribution in [3.8, 4) is 0 Å². The Morgan fingerprint density at radius 2 is 1.78 bits per heavy atom. The number of aromatic nitrogens is 1. The summed E-state index contributed by atoms with van der Waals surface area (Å²) in [5, 5.41) is 7.27. The zero-order valence-electron chi connectivity index (χ0n) is 16.1. The van der Waals surface area contributed by atoms with Crippen molar-refractivity contribution in [3.05, 3.63) is 66.2 Å². The first kappa shape index (κ1) is 18.9. The molecule has 3 aromatic rings. The van der Waals surface area contributed by atoms with Crippen LogP contribution in [0.3, 0.4) is 0 Å². The number of amides is 1. The smallest absolute Gasteiger partial charge is 0.238 e. The Kier molecular flexibility index (Phi) is 6.04. The summed E-state index contributed by atoms with van der Waals surface area (Å²) in [6, 6.07) is 20.2. The Balaban J connectivity index is 1.65. The summed E-state index contributed by atoms with van der Waals surface area (Å²) in [6.45, 7) is 2.36. The van der Waals surface area contributed by atoms with Crippen LogP contribution in [0.2, 0.25) is 0 Å². The Hall–Kier alpha value is -2.92. The quantitative estimate of drug-likeness (QED) is 0.676. The number of nitrogens with one attached hydrogen (secondary N) is 2. The standard InChI is InChI=1S/C22H26N4O/c1-16(13-17-9-5-4-6-10-17)23-15-22(27)25-20-14-21(26(2)3)24-19-12-8-7-11-18(19)20/h4-12,14,16,23H,13,15H2,1-3H3,(H,24,25,27)/t16-/m0/s1. The normalized spacial score (nSPS) is 12.0. The zero-order valence-corrected chi connectivity index (χ0v) is 16.1. The van der Waals surface area contributed by atoms with Crippen molar-refractivity contribution in [1.29, 1.82) is 0 Å². The van der Waals surface area contributed by atoms with E-state index >= 15 is 0 Å². The van der Waals surface area contributed by atoms with Crippen LogP contribution in [0, 0.1) is 0 Å². The maximum Gasteiger partial charge on any atom is 0.238 e. The molecule has 5 heteroatoms. The average Bonchev–Trinajstić information content (AvgIpc) is 2.67. The predicted octanol–water partition coefficient (Wildman–Crippen LogP) is 3.46. The maximum atomic E-state index is 12.5. The molecule has 0 unspecified atom stereocenters. The van der Waals surface area contributed by atoms with Gasteiger partial charge in [0.2, 0.25) is 5.91 Å². The molecule has 1 amide bonds. The average molecular weight is 362 g/mol. The third kappa shape index (κ3) is 5.05. The summed E-state index contributed by atoms with van der Waals surface area (Å²) in [6.07, 6.45) is 0.886. The number of rotatable bonds is 7. The number of para-hydroxylation sites is 1. The molecule has 0 aliphatic rings. The van der Waals surface area contributed by atoms with Crippen molar-refractivity contribution < 1.29 is 4.79 Å². The monoisotopic (exact) mass is 362 g/mol. The van der Waals surface area contributed by atoms with Crippen LogP contribution in [0.1, 0.15) is 12.5 Å². The molecule has 0 aliphatic carbocycles. The minimum Gasteiger partial charge on any atom is -0.363 e. The molecule has 1 aromatic heterocycles. The molecule has 0 bridgehead atoms. The van der Waals surface area contributed by atoms with Crippen LogP contribution in [0.15, 0.2) is 60.7 Å². The fraction of sp³-hybridized carbons (Fsp3) is 0.273. The molecular weight excluding hydrogens is 336 g/mol. The van der Waals surface area contributed by atoms with Crippen LogP contribution < -0.4 is 15.5 Å². The van der Waals surface area contributed by atoms with Gasteiger partial charge in [-0.2, -0.15) is 0 Å². The summed E-state index contributed by atoms with van der Waals surface area (Å²) in [7, 11) is 3.88. The van der Waals surface area contributed by atoms with E-state index in [2.05, 4.69) is 34.7 Å². The van der Waals surface area contributed by atoms with E-state index < -0.39 is 0 Å². The highest BCUT2D eigenvalue weighted by atomic mass is 16.1. The summed E-state index contributed by atoms with van der Waals surface area (Å²) in [5.74, 6) is 0.755. The van der Waals surface area contributed by atoms with Crippen LogP contribution in [-0.4, -0.2) is 37.6 Å². The number of hydrogen-bond acceptors (Lipinski definition) is 4. The lowest BCUT2D eigenvalue weighted by atomic mass is 10.1. The van der Waals surface area contributed by atoms with E-state index in [9.17, 15) is 4.79 Å². The number of carbonyl (C=O) groups excluding carboxylic acids is 1. The van der Waals surface area contributed by atoms with Gasteiger partial charge in [0.1, 0.15) is 5.82 Å². The molecule has 1 atom stereocenters. The van der Waals surface area contributed by atoms with Gasteiger partial charge in [0.05, 0.1) is 17.7 Å². The molecule has 0 spiro atoms. The molecule has 5 nitrogen and oxygen atoms in total. The van der Waals surface area contributed by atoms with Crippen molar-refractivity contribution >= 4 is 28.3 Å². The minimum absolute atomic E-state index is 0.0593. The number of pyridine rings is 1. The zero-order chi connectivity index (χ0) is 19.2. The lowest BCUT2D eigenvalue weighted by Crippen LogP contribution is -2.35. The van der Waals surface area contributed by atoms with Crippen molar-refractivity contribution in [2.24, 2.45) is 0 Å². The first-order valence-electron chi connectivity index (χ1n) is 9.17. The van der Waals surface area contributed by atoms with Crippen molar-refractivity contribution in [2.45, 2.75) is 19.4 Å². The third-order valence-electron chi connectivity index (χ3n) is 4.43. The van der Waals surface area contributed by atoms with Gasteiger partial charge in [-0.3, -0.25) is 4.79 Å². The molecule has 0 saturated heterocycles. The Labute approximate surface area is 160 Å².